The molecule has 0 unspecified atom stereocenters. The fraction of sp³-hybridized carbons (Fsp3) is 0.409. The van der Waals surface area contributed by atoms with Crippen molar-refractivity contribution in [1.82, 2.24) is 29.7 Å². The zero-order valence-electron chi connectivity index (χ0n) is 17.5. The van der Waals surface area contributed by atoms with E-state index in [1.165, 1.54) is 16.8 Å². The Morgan fingerprint density at radius 1 is 1.23 bits per heavy atom. The molecule has 0 radical (unpaired) electrons. The van der Waals surface area contributed by atoms with Gasteiger partial charge in [0.1, 0.15) is 5.65 Å². The molecule has 0 aliphatic carbocycles. The number of hydrogen-bond donors (Lipinski definition) is 2. The predicted molar refractivity (Wildman–Crippen MR) is 117 cm³/mol. The van der Waals surface area contributed by atoms with Gasteiger partial charge in [-0.1, -0.05) is 13.0 Å². The van der Waals surface area contributed by atoms with Crippen LogP contribution in [0, 0.1) is 0 Å². The number of rotatable bonds is 6. The molecular weight excluding hydrogens is 396 g/mol. The second-order valence-corrected chi connectivity index (χ2v) is 7.85. The molecule has 31 heavy (non-hydrogen) atoms. The van der Waals surface area contributed by atoms with Crippen LogP contribution in [-0.2, 0) is 13.1 Å². The lowest BCUT2D eigenvalue weighted by Crippen LogP contribution is -2.44. The van der Waals surface area contributed by atoms with Crippen molar-refractivity contribution in [2.24, 2.45) is 0 Å². The summed E-state index contributed by atoms with van der Waals surface area (Å²) in [6.07, 6.45) is 5.64. The molecule has 9 nitrogen and oxygen atoms in total. The van der Waals surface area contributed by atoms with E-state index in [0.717, 1.165) is 44.6 Å². The number of H-pyrrole nitrogens is 1. The Labute approximate surface area is 179 Å². The third-order valence-corrected chi connectivity index (χ3v) is 5.58. The van der Waals surface area contributed by atoms with Gasteiger partial charge in [0.2, 0.25) is 0 Å². The maximum absolute atomic E-state index is 12.8. The molecule has 4 rings (SSSR count). The fourth-order valence-electron chi connectivity index (χ4n) is 3.95. The number of aromatic nitrogens is 4. The van der Waals surface area contributed by atoms with Gasteiger partial charge in [0.05, 0.1) is 16.6 Å². The van der Waals surface area contributed by atoms with E-state index in [2.05, 4.69) is 25.2 Å². The third kappa shape index (κ3) is 4.72. The predicted octanol–water partition coefficient (Wildman–Crippen LogP) is 1.28. The van der Waals surface area contributed by atoms with Crippen molar-refractivity contribution < 1.29 is 4.79 Å². The van der Waals surface area contributed by atoms with Gasteiger partial charge in [0, 0.05) is 44.6 Å². The van der Waals surface area contributed by atoms with E-state index in [9.17, 15) is 14.4 Å². The molecule has 1 aliphatic heterocycles. The number of carbonyl (C=O) groups is 1. The summed E-state index contributed by atoms with van der Waals surface area (Å²) in [6, 6.07) is 7.49. The SMILES string of the molecule is CCCn1c(=O)[nH]c(=O)c2cc(C(=O)NC3CCN(Cc4ccccn4)CC3)cnc21. The molecule has 0 aromatic carbocycles. The second-order valence-electron chi connectivity index (χ2n) is 7.85. The molecule has 3 aromatic rings. The van der Waals surface area contributed by atoms with Gasteiger partial charge in [-0.15, -0.1) is 0 Å². The lowest BCUT2D eigenvalue weighted by Gasteiger charge is -2.32. The first-order valence-electron chi connectivity index (χ1n) is 10.6. The molecule has 0 atom stereocenters. The average molecular weight is 422 g/mol. The number of fused-ring (bicyclic) bond motifs is 1. The Morgan fingerprint density at radius 2 is 2.03 bits per heavy atom. The standard InChI is InChI=1S/C22H26N6O3/c1-2-9-28-19-18(21(30)26-22(28)31)12-15(13-24-19)20(29)25-16-6-10-27(11-7-16)14-17-5-3-4-8-23-17/h3-5,8,12-13,16H,2,6-7,9-11,14H2,1H3,(H,25,29)(H,26,30,31). The van der Waals surface area contributed by atoms with Crippen molar-refractivity contribution in [3.8, 4) is 0 Å². The van der Waals surface area contributed by atoms with Crippen molar-refractivity contribution in [2.45, 2.75) is 45.3 Å². The zero-order chi connectivity index (χ0) is 21.8. The minimum absolute atomic E-state index is 0.0653. The van der Waals surface area contributed by atoms with E-state index in [1.54, 1.807) is 6.20 Å². The van der Waals surface area contributed by atoms with Gasteiger partial charge in [0.15, 0.2) is 0 Å². The van der Waals surface area contributed by atoms with Crippen LogP contribution in [0.3, 0.4) is 0 Å². The number of aromatic amines is 1. The highest BCUT2D eigenvalue weighted by Crippen LogP contribution is 2.14. The van der Waals surface area contributed by atoms with Crippen LogP contribution in [0.5, 0.6) is 0 Å². The Bertz CT molecular complexity index is 1180. The van der Waals surface area contributed by atoms with Crippen LogP contribution in [-0.4, -0.2) is 49.5 Å². The van der Waals surface area contributed by atoms with E-state index in [1.807, 2.05) is 25.1 Å². The van der Waals surface area contributed by atoms with Gasteiger partial charge in [0.25, 0.3) is 11.5 Å². The highest BCUT2D eigenvalue weighted by Gasteiger charge is 2.22. The summed E-state index contributed by atoms with van der Waals surface area (Å²) >= 11 is 0. The summed E-state index contributed by atoms with van der Waals surface area (Å²) in [4.78, 5) is 50.3. The topological polar surface area (TPSA) is 113 Å². The third-order valence-electron chi connectivity index (χ3n) is 5.58. The number of amides is 1. The Balaban J connectivity index is 1.42. The number of carbonyl (C=O) groups excluding carboxylic acids is 1. The summed E-state index contributed by atoms with van der Waals surface area (Å²) in [5.41, 5.74) is 0.642. The molecule has 1 fully saturated rings. The van der Waals surface area contributed by atoms with Crippen molar-refractivity contribution >= 4 is 16.9 Å². The maximum atomic E-state index is 12.8. The normalized spacial score (nSPS) is 15.3. The molecule has 0 bridgehead atoms. The molecule has 0 spiro atoms. The minimum atomic E-state index is -0.530. The highest BCUT2D eigenvalue weighted by molar-refractivity contribution is 5.96. The molecule has 1 amide bonds. The van der Waals surface area contributed by atoms with Gasteiger partial charge in [-0.2, -0.15) is 0 Å². The van der Waals surface area contributed by atoms with Crippen molar-refractivity contribution in [3.05, 3.63) is 68.8 Å². The first kappa shape index (κ1) is 20.9. The molecule has 4 heterocycles. The first-order valence-corrected chi connectivity index (χ1v) is 10.6. The largest absolute Gasteiger partial charge is 0.349 e. The lowest BCUT2D eigenvalue weighted by molar-refractivity contribution is 0.0908. The van der Waals surface area contributed by atoms with Gasteiger partial charge in [-0.25, -0.2) is 9.78 Å². The molecule has 162 valence electrons. The quantitative estimate of drug-likeness (QED) is 0.619. The Kier molecular flexibility index (Phi) is 6.22. The van der Waals surface area contributed by atoms with Crippen molar-refractivity contribution in [3.63, 3.8) is 0 Å². The summed E-state index contributed by atoms with van der Waals surface area (Å²) in [5, 5.41) is 3.29. The van der Waals surface area contributed by atoms with Crippen LogP contribution in [0.4, 0.5) is 0 Å². The molecule has 0 saturated carbocycles. The van der Waals surface area contributed by atoms with Gasteiger partial charge in [-0.05, 0) is 37.5 Å². The molecule has 2 N–H and O–H groups in total. The zero-order valence-corrected chi connectivity index (χ0v) is 17.5. The van der Waals surface area contributed by atoms with Crippen LogP contribution < -0.4 is 16.6 Å². The molecule has 1 saturated heterocycles. The first-order chi connectivity index (χ1) is 15.0. The van der Waals surface area contributed by atoms with Crippen molar-refractivity contribution in [2.75, 3.05) is 13.1 Å². The monoisotopic (exact) mass is 422 g/mol. The number of nitrogens with zero attached hydrogens (tertiary/aromatic N) is 4. The minimum Gasteiger partial charge on any atom is -0.349 e. The van der Waals surface area contributed by atoms with Gasteiger partial charge >= 0.3 is 5.69 Å². The number of likely N-dealkylation sites (tertiary alicyclic amines) is 1. The average Bonchev–Trinajstić information content (AvgIpc) is 2.78. The van der Waals surface area contributed by atoms with E-state index >= 15 is 0 Å². The lowest BCUT2D eigenvalue weighted by atomic mass is 10.0. The molecule has 9 heteroatoms. The van der Waals surface area contributed by atoms with Crippen LogP contribution in [0.2, 0.25) is 0 Å². The second kappa shape index (κ2) is 9.22. The Hall–Kier alpha value is -3.33. The summed E-state index contributed by atoms with van der Waals surface area (Å²) in [5.74, 6) is -0.259. The fourth-order valence-corrected chi connectivity index (χ4v) is 3.95. The summed E-state index contributed by atoms with van der Waals surface area (Å²) in [7, 11) is 0. The van der Waals surface area contributed by atoms with Crippen LogP contribution in [0.1, 0.15) is 42.2 Å². The maximum Gasteiger partial charge on any atom is 0.329 e. The number of nitrogens with one attached hydrogen (secondary N) is 2. The van der Waals surface area contributed by atoms with E-state index in [4.69, 9.17) is 0 Å². The molecule has 3 aromatic heterocycles. The number of aryl methyl sites for hydroxylation is 1. The summed E-state index contributed by atoms with van der Waals surface area (Å²) < 4.78 is 1.43. The Morgan fingerprint density at radius 3 is 2.74 bits per heavy atom. The number of pyridine rings is 2. The van der Waals surface area contributed by atoms with Crippen LogP contribution in [0.25, 0.3) is 11.0 Å². The molecule has 1 aliphatic rings. The van der Waals surface area contributed by atoms with E-state index < -0.39 is 11.2 Å². The van der Waals surface area contributed by atoms with Gasteiger partial charge in [-0.3, -0.25) is 29.0 Å². The smallest absolute Gasteiger partial charge is 0.329 e. The number of piperidine rings is 1. The van der Waals surface area contributed by atoms with Crippen LogP contribution in [0.15, 0.2) is 46.2 Å². The summed E-state index contributed by atoms with van der Waals surface area (Å²) in [6.45, 7) is 4.94. The highest BCUT2D eigenvalue weighted by atomic mass is 16.2. The van der Waals surface area contributed by atoms with Crippen LogP contribution >= 0.6 is 0 Å². The van der Waals surface area contributed by atoms with E-state index in [0.29, 0.717) is 17.8 Å². The number of hydrogen-bond acceptors (Lipinski definition) is 6. The molecular formula is C22H26N6O3. The van der Waals surface area contributed by atoms with E-state index in [-0.39, 0.29) is 17.3 Å². The van der Waals surface area contributed by atoms with Gasteiger partial charge < -0.3 is 5.32 Å². The van der Waals surface area contributed by atoms with Crippen molar-refractivity contribution in [1.29, 1.82) is 0 Å².